The zero-order valence-electron chi connectivity index (χ0n) is 8.83. The molecule has 0 saturated carbocycles. The van der Waals surface area contributed by atoms with E-state index < -0.39 is 0 Å². The number of carbonyl (C=O) groups excluding carboxylic acids is 1. The predicted octanol–water partition coefficient (Wildman–Crippen LogP) is 3.18. The second kappa shape index (κ2) is 4.03. The van der Waals surface area contributed by atoms with Gasteiger partial charge in [-0.25, -0.2) is 9.78 Å². The Morgan fingerprint density at radius 1 is 1.29 bits per heavy atom. The Labute approximate surface area is 102 Å². The van der Waals surface area contributed by atoms with Gasteiger partial charge in [-0.2, -0.15) is 0 Å². The van der Waals surface area contributed by atoms with Crippen molar-refractivity contribution in [3.63, 3.8) is 0 Å². The van der Waals surface area contributed by atoms with Crippen molar-refractivity contribution in [2.75, 3.05) is 5.32 Å². The van der Waals surface area contributed by atoms with Crippen LogP contribution in [0.15, 0.2) is 48.1 Å². The summed E-state index contributed by atoms with van der Waals surface area (Å²) in [6.45, 7) is 0. The number of hydrogen-bond donors (Lipinski definition) is 1. The van der Waals surface area contributed by atoms with Crippen molar-refractivity contribution in [1.29, 1.82) is 0 Å². The molecule has 2 heterocycles. The van der Waals surface area contributed by atoms with Crippen LogP contribution in [0.25, 0.3) is 10.9 Å². The van der Waals surface area contributed by atoms with Crippen LogP contribution in [0, 0.1) is 0 Å². The van der Waals surface area contributed by atoms with Gasteiger partial charge in [-0.05, 0) is 12.1 Å². The zero-order chi connectivity index (χ0) is 11.7. The fraction of sp³-hybridized carbons (Fsp3) is 0. The van der Waals surface area contributed by atoms with E-state index in [0.29, 0.717) is 5.13 Å². The highest BCUT2D eigenvalue weighted by molar-refractivity contribution is 7.13. The smallest absolute Gasteiger partial charge is 0.283 e. The molecule has 0 unspecified atom stereocenters. The first-order valence-corrected chi connectivity index (χ1v) is 5.99. The summed E-state index contributed by atoms with van der Waals surface area (Å²) < 4.78 is 1.58. The number of fused-ring (bicyclic) bond motifs is 1. The molecule has 0 saturated heterocycles. The molecule has 0 aliphatic rings. The number of benzene rings is 1. The van der Waals surface area contributed by atoms with Crippen LogP contribution in [0.4, 0.5) is 9.93 Å². The summed E-state index contributed by atoms with van der Waals surface area (Å²) in [4.78, 5) is 16.0. The minimum atomic E-state index is -0.193. The Balaban J connectivity index is 1.96. The third-order valence-corrected chi connectivity index (χ3v) is 3.15. The molecule has 3 rings (SSSR count). The van der Waals surface area contributed by atoms with E-state index in [-0.39, 0.29) is 6.03 Å². The van der Waals surface area contributed by atoms with Crippen molar-refractivity contribution < 1.29 is 4.79 Å². The average molecular weight is 243 g/mol. The number of nitrogens with zero attached hydrogens (tertiary/aromatic N) is 2. The third-order valence-electron chi connectivity index (χ3n) is 2.46. The lowest BCUT2D eigenvalue weighted by atomic mass is 10.2. The van der Waals surface area contributed by atoms with Gasteiger partial charge in [0.05, 0.1) is 5.52 Å². The number of amides is 1. The molecule has 1 aromatic carbocycles. The minimum absolute atomic E-state index is 0.193. The van der Waals surface area contributed by atoms with E-state index in [9.17, 15) is 4.79 Å². The Morgan fingerprint density at radius 3 is 3.00 bits per heavy atom. The fourth-order valence-electron chi connectivity index (χ4n) is 1.70. The first kappa shape index (κ1) is 10.0. The monoisotopic (exact) mass is 243 g/mol. The van der Waals surface area contributed by atoms with Crippen molar-refractivity contribution in [2.24, 2.45) is 0 Å². The topological polar surface area (TPSA) is 46.9 Å². The summed E-state index contributed by atoms with van der Waals surface area (Å²) in [5.41, 5.74) is 0.890. The molecule has 0 spiro atoms. The van der Waals surface area contributed by atoms with E-state index in [4.69, 9.17) is 0 Å². The first-order chi connectivity index (χ1) is 8.34. The maximum Gasteiger partial charge on any atom is 0.332 e. The van der Waals surface area contributed by atoms with Gasteiger partial charge in [-0.3, -0.25) is 9.88 Å². The predicted molar refractivity (Wildman–Crippen MR) is 68.5 cm³/mol. The molecule has 1 N–H and O–H groups in total. The fourth-order valence-corrected chi connectivity index (χ4v) is 2.22. The van der Waals surface area contributed by atoms with Crippen LogP contribution in [-0.2, 0) is 0 Å². The van der Waals surface area contributed by atoms with Crippen LogP contribution in [0.2, 0.25) is 0 Å². The average Bonchev–Trinajstić information content (AvgIpc) is 2.96. The molecule has 17 heavy (non-hydrogen) atoms. The van der Waals surface area contributed by atoms with Gasteiger partial charge in [0.15, 0.2) is 5.13 Å². The third kappa shape index (κ3) is 1.81. The van der Waals surface area contributed by atoms with Crippen molar-refractivity contribution in [3.05, 3.63) is 48.1 Å². The van der Waals surface area contributed by atoms with Crippen LogP contribution >= 0.6 is 11.3 Å². The number of aromatic nitrogens is 2. The lowest BCUT2D eigenvalue weighted by Gasteiger charge is -2.03. The number of para-hydroxylation sites is 1. The van der Waals surface area contributed by atoms with E-state index in [0.717, 1.165) is 10.9 Å². The molecule has 5 heteroatoms. The van der Waals surface area contributed by atoms with Gasteiger partial charge in [-0.1, -0.05) is 18.2 Å². The number of anilines is 1. The van der Waals surface area contributed by atoms with E-state index in [2.05, 4.69) is 10.3 Å². The Hall–Kier alpha value is -2.14. The first-order valence-electron chi connectivity index (χ1n) is 5.11. The van der Waals surface area contributed by atoms with Crippen molar-refractivity contribution >= 4 is 33.4 Å². The highest BCUT2D eigenvalue weighted by atomic mass is 32.1. The molecule has 0 atom stereocenters. The summed E-state index contributed by atoms with van der Waals surface area (Å²) in [5.74, 6) is 0. The van der Waals surface area contributed by atoms with Gasteiger partial charge in [0.1, 0.15) is 0 Å². The van der Waals surface area contributed by atoms with Gasteiger partial charge in [0, 0.05) is 23.2 Å². The second-order valence-electron chi connectivity index (χ2n) is 3.51. The van der Waals surface area contributed by atoms with Crippen molar-refractivity contribution in [2.45, 2.75) is 0 Å². The number of carbonyl (C=O) groups is 1. The molecule has 1 amide bonds. The summed E-state index contributed by atoms with van der Waals surface area (Å²) in [6, 6.07) is 9.47. The van der Waals surface area contributed by atoms with Crippen LogP contribution in [0.5, 0.6) is 0 Å². The number of hydrogen-bond acceptors (Lipinski definition) is 3. The lowest BCUT2D eigenvalue weighted by molar-refractivity contribution is 0.254. The summed E-state index contributed by atoms with van der Waals surface area (Å²) in [7, 11) is 0. The second-order valence-corrected chi connectivity index (χ2v) is 4.41. The van der Waals surface area contributed by atoms with Crippen molar-refractivity contribution in [1.82, 2.24) is 9.55 Å². The van der Waals surface area contributed by atoms with Crippen LogP contribution in [-0.4, -0.2) is 15.6 Å². The largest absolute Gasteiger partial charge is 0.332 e. The summed E-state index contributed by atoms with van der Waals surface area (Å²) in [5, 5.41) is 6.22. The minimum Gasteiger partial charge on any atom is -0.283 e. The number of nitrogens with one attached hydrogen (secondary N) is 1. The molecular formula is C12H9N3OS. The number of rotatable bonds is 1. The van der Waals surface area contributed by atoms with Gasteiger partial charge >= 0.3 is 6.03 Å². The van der Waals surface area contributed by atoms with E-state index in [1.807, 2.05) is 35.7 Å². The van der Waals surface area contributed by atoms with Crippen LogP contribution in [0.1, 0.15) is 0 Å². The molecule has 4 nitrogen and oxygen atoms in total. The molecular weight excluding hydrogens is 234 g/mol. The molecule has 0 radical (unpaired) electrons. The zero-order valence-corrected chi connectivity index (χ0v) is 9.65. The maximum absolute atomic E-state index is 12.0. The van der Waals surface area contributed by atoms with Crippen LogP contribution < -0.4 is 5.32 Å². The Kier molecular flexibility index (Phi) is 2.38. The summed E-state index contributed by atoms with van der Waals surface area (Å²) in [6.07, 6.45) is 3.42. The summed E-state index contributed by atoms with van der Waals surface area (Å²) >= 11 is 1.40. The molecule has 0 bridgehead atoms. The normalized spacial score (nSPS) is 10.6. The quantitative estimate of drug-likeness (QED) is 0.713. The van der Waals surface area contributed by atoms with Gasteiger partial charge in [0.2, 0.25) is 0 Å². The van der Waals surface area contributed by atoms with Crippen LogP contribution in [0.3, 0.4) is 0 Å². The Bertz CT molecular complexity index is 657. The molecule has 0 aliphatic carbocycles. The Morgan fingerprint density at radius 2 is 2.18 bits per heavy atom. The van der Waals surface area contributed by atoms with E-state index >= 15 is 0 Å². The standard InChI is InChI=1S/C12H9N3OS/c16-12(14-11-13-6-8-17-11)15-7-5-9-3-1-2-4-10(9)15/h1-8H,(H,13,14,16). The lowest BCUT2D eigenvalue weighted by Crippen LogP contribution is -2.18. The highest BCUT2D eigenvalue weighted by Gasteiger charge is 2.09. The van der Waals surface area contributed by atoms with Gasteiger partial charge < -0.3 is 0 Å². The molecule has 84 valence electrons. The van der Waals surface area contributed by atoms with Gasteiger partial charge in [0.25, 0.3) is 0 Å². The molecule has 3 aromatic rings. The number of thiazole rings is 1. The molecule has 2 aromatic heterocycles. The van der Waals surface area contributed by atoms with Crippen molar-refractivity contribution in [3.8, 4) is 0 Å². The SMILES string of the molecule is O=C(Nc1nccs1)n1ccc2ccccc21. The highest BCUT2D eigenvalue weighted by Crippen LogP contribution is 2.16. The molecule has 0 aliphatic heterocycles. The van der Waals surface area contributed by atoms with E-state index in [1.165, 1.54) is 11.3 Å². The van der Waals surface area contributed by atoms with E-state index in [1.54, 1.807) is 17.0 Å². The maximum atomic E-state index is 12.0. The molecule has 0 fully saturated rings. The van der Waals surface area contributed by atoms with Gasteiger partial charge in [-0.15, -0.1) is 11.3 Å².